The van der Waals surface area contributed by atoms with Gasteiger partial charge >= 0.3 is 12.1 Å². The number of methoxy groups -OCH3 is 1. The zero-order chi connectivity index (χ0) is 29.0. The van der Waals surface area contributed by atoms with E-state index in [4.69, 9.17) is 4.74 Å². The highest BCUT2D eigenvalue weighted by Crippen LogP contribution is 2.50. The first-order chi connectivity index (χ1) is 19.7. The van der Waals surface area contributed by atoms with Crippen LogP contribution in [0.5, 0.6) is 0 Å². The van der Waals surface area contributed by atoms with E-state index >= 15 is 0 Å². The van der Waals surface area contributed by atoms with Gasteiger partial charge in [0.25, 0.3) is 7.41 Å². The number of nitrogens with zero attached hydrogens (tertiary/aromatic N) is 3. The summed E-state index contributed by atoms with van der Waals surface area (Å²) >= 11 is 0. The Morgan fingerprint density at radius 3 is 2.46 bits per heavy atom. The number of aromatic nitrogens is 2. The molecule has 0 amide bonds. The molecule has 3 aromatic rings. The van der Waals surface area contributed by atoms with E-state index < -0.39 is 17.2 Å². The van der Waals surface area contributed by atoms with Crippen molar-refractivity contribution in [2.24, 2.45) is 0 Å². The van der Waals surface area contributed by atoms with Crippen molar-refractivity contribution in [1.29, 1.82) is 0 Å². The van der Waals surface area contributed by atoms with E-state index in [1.165, 1.54) is 12.7 Å². The van der Waals surface area contributed by atoms with Crippen molar-refractivity contribution >= 4 is 31.2 Å². The van der Waals surface area contributed by atoms with E-state index in [1.54, 1.807) is 7.41 Å². The molecule has 1 saturated carbocycles. The van der Waals surface area contributed by atoms with E-state index in [0.717, 1.165) is 49.4 Å². The third-order valence-corrected chi connectivity index (χ3v) is 8.10. The Bertz CT molecular complexity index is 1390. The fourth-order valence-electron chi connectivity index (χ4n) is 5.70. The molecule has 0 bridgehead atoms. The predicted octanol–water partition coefficient (Wildman–Crippen LogP) is 5.22. The summed E-state index contributed by atoms with van der Waals surface area (Å²) in [6, 6.07) is 15.1. The number of hydrogen-bond acceptors (Lipinski definition) is 7. The molecule has 1 aliphatic carbocycles. The lowest BCUT2D eigenvalue weighted by molar-refractivity contribution is -0.143. The maximum absolute atomic E-state index is 13.9. The molecule has 213 valence electrons. The molecule has 1 saturated heterocycles. The lowest BCUT2D eigenvalue weighted by atomic mass is 9.84. The first kappa shape index (κ1) is 28.8. The van der Waals surface area contributed by atoms with E-state index in [2.05, 4.69) is 15.3 Å². The molecule has 1 aliphatic heterocycles. The Labute approximate surface area is 237 Å². The van der Waals surface area contributed by atoms with Crippen LogP contribution in [0.3, 0.4) is 0 Å². The summed E-state index contributed by atoms with van der Waals surface area (Å²) in [6.45, 7) is 1.64. The van der Waals surface area contributed by atoms with Gasteiger partial charge in [-0.1, -0.05) is 36.4 Å². The molecule has 2 heterocycles. The van der Waals surface area contributed by atoms with Gasteiger partial charge in [-0.15, -0.1) is 0 Å². The standard InChI is InChI=1S/C30H31BF3N4O3/c1-41-27(40)29(14-15-29)24-5-3-2-4-22(24)8-11-26-25(30(32,33)34)18-35-28(37-26)36-23-9-6-20(7-10-23)21-12-16-38(17-13-21)31-19-39/h2-7,9-10,18-19,21H,8,11-17H2,1H3,(H,35,36,37). The van der Waals surface area contributed by atoms with Gasteiger partial charge < -0.3 is 19.7 Å². The Hall–Kier alpha value is -3.73. The second kappa shape index (κ2) is 12.0. The molecule has 2 aliphatic rings. The van der Waals surface area contributed by atoms with Crippen LogP contribution in [0.25, 0.3) is 0 Å². The highest BCUT2D eigenvalue weighted by Gasteiger charge is 2.53. The smallest absolute Gasteiger partial charge is 0.419 e. The summed E-state index contributed by atoms with van der Waals surface area (Å²) in [6.07, 6.45) is 0.531. The summed E-state index contributed by atoms with van der Waals surface area (Å²) in [7, 11) is 2.93. The third-order valence-electron chi connectivity index (χ3n) is 8.10. The van der Waals surface area contributed by atoms with Crippen LogP contribution in [0.15, 0.2) is 54.7 Å². The average Bonchev–Trinajstić information content (AvgIpc) is 3.78. The number of alkyl halides is 3. The van der Waals surface area contributed by atoms with Crippen LogP contribution < -0.4 is 5.32 Å². The fourth-order valence-corrected chi connectivity index (χ4v) is 5.70. The van der Waals surface area contributed by atoms with Gasteiger partial charge in [0.05, 0.1) is 30.0 Å². The summed E-state index contributed by atoms with van der Waals surface area (Å²) in [4.78, 5) is 33.4. The van der Waals surface area contributed by atoms with E-state index in [1.807, 2.05) is 53.3 Å². The molecule has 5 rings (SSSR count). The number of nitrogens with one attached hydrogen (secondary N) is 1. The van der Waals surface area contributed by atoms with Gasteiger partial charge in [0, 0.05) is 11.9 Å². The van der Waals surface area contributed by atoms with Gasteiger partial charge in [0.15, 0.2) is 0 Å². The quantitative estimate of drug-likeness (QED) is 0.206. The van der Waals surface area contributed by atoms with Crippen LogP contribution in [0.1, 0.15) is 59.5 Å². The highest BCUT2D eigenvalue weighted by molar-refractivity contribution is 6.64. The van der Waals surface area contributed by atoms with Gasteiger partial charge in [0.2, 0.25) is 5.95 Å². The highest BCUT2D eigenvalue weighted by atomic mass is 19.4. The van der Waals surface area contributed by atoms with Gasteiger partial charge in [-0.25, -0.2) is 9.97 Å². The maximum atomic E-state index is 13.9. The van der Waals surface area contributed by atoms with Crippen molar-refractivity contribution in [3.05, 3.63) is 82.7 Å². The molecular formula is C30H31BF3N4O3. The van der Waals surface area contributed by atoms with Crippen LogP contribution in [-0.4, -0.2) is 54.5 Å². The van der Waals surface area contributed by atoms with E-state index in [0.29, 0.717) is 24.4 Å². The van der Waals surface area contributed by atoms with Crippen LogP contribution in [0.2, 0.25) is 0 Å². The van der Waals surface area contributed by atoms with Crippen molar-refractivity contribution in [2.45, 2.75) is 56.0 Å². The van der Waals surface area contributed by atoms with Gasteiger partial charge in [-0.05, 0) is 86.4 Å². The normalized spacial score (nSPS) is 17.1. The SMILES string of the molecule is COC(=O)C1(c2ccccc2CCc2nc(Nc3ccc(C4CCN([B]C=O)CC4)cc3)ncc2C(F)(F)F)CC1. The largest absolute Gasteiger partial charge is 0.468 e. The van der Waals surface area contributed by atoms with E-state index in [-0.39, 0.29) is 30.5 Å². The van der Waals surface area contributed by atoms with Crippen molar-refractivity contribution in [2.75, 3.05) is 25.5 Å². The number of piperidine rings is 1. The molecule has 0 atom stereocenters. The summed E-state index contributed by atoms with van der Waals surface area (Å²) in [5.74, 6) is 0.147. The van der Waals surface area contributed by atoms with Crippen molar-refractivity contribution in [3.8, 4) is 0 Å². The number of hydrogen-bond donors (Lipinski definition) is 1. The minimum atomic E-state index is -4.60. The topological polar surface area (TPSA) is 84.4 Å². The van der Waals surface area contributed by atoms with Crippen LogP contribution in [0, 0.1) is 0 Å². The monoisotopic (exact) mass is 563 g/mol. The number of ether oxygens (including phenoxy) is 1. The number of carbonyl (C=O) groups is 2. The lowest BCUT2D eigenvalue weighted by Crippen LogP contribution is -2.36. The fraction of sp³-hybridized carbons (Fsp3) is 0.400. The Kier molecular flexibility index (Phi) is 8.44. The molecule has 0 unspecified atom stereocenters. The Morgan fingerprint density at radius 1 is 1.12 bits per heavy atom. The van der Waals surface area contributed by atoms with Gasteiger partial charge in [0.1, 0.15) is 0 Å². The molecule has 1 radical (unpaired) electrons. The molecule has 2 fully saturated rings. The second-order valence-corrected chi connectivity index (χ2v) is 10.6. The summed E-state index contributed by atoms with van der Waals surface area (Å²) in [5.41, 5.74) is 1.77. The Balaban J connectivity index is 1.31. The first-order valence-electron chi connectivity index (χ1n) is 13.7. The van der Waals surface area contributed by atoms with Crippen molar-refractivity contribution in [1.82, 2.24) is 14.8 Å². The molecular weight excluding hydrogens is 532 g/mol. The minimum Gasteiger partial charge on any atom is -0.468 e. The number of halogens is 3. The molecule has 7 nitrogen and oxygen atoms in total. The summed E-state index contributed by atoms with van der Waals surface area (Å²) < 4.78 is 46.6. The number of anilines is 2. The van der Waals surface area contributed by atoms with E-state index in [9.17, 15) is 22.8 Å². The lowest BCUT2D eigenvalue weighted by Gasteiger charge is -2.30. The Morgan fingerprint density at radius 2 is 1.83 bits per heavy atom. The number of esters is 1. The van der Waals surface area contributed by atoms with Gasteiger partial charge in [-0.3, -0.25) is 4.79 Å². The minimum absolute atomic E-state index is 0.0273. The van der Waals surface area contributed by atoms with Crippen LogP contribution in [-0.2, 0) is 38.8 Å². The molecule has 1 aromatic heterocycles. The number of carbonyl (C=O) groups excluding carboxylic acids is 2. The number of aryl methyl sites for hydroxylation is 2. The number of rotatable bonds is 10. The average molecular weight is 563 g/mol. The molecule has 2 aromatic carbocycles. The van der Waals surface area contributed by atoms with Crippen LogP contribution >= 0.6 is 0 Å². The molecule has 41 heavy (non-hydrogen) atoms. The number of benzene rings is 2. The second-order valence-electron chi connectivity index (χ2n) is 10.6. The maximum Gasteiger partial charge on any atom is 0.419 e. The van der Waals surface area contributed by atoms with Gasteiger partial charge in [-0.2, -0.15) is 13.2 Å². The molecule has 0 spiro atoms. The van der Waals surface area contributed by atoms with Crippen molar-refractivity contribution < 1.29 is 27.5 Å². The van der Waals surface area contributed by atoms with Crippen molar-refractivity contribution in [3.63, 3.8) is 0 Å². The molecule has 11 heteroatoms. The zero-order valence-electron chi connectivity index (χ0n) is 22.8. The zero-order valence-corrected chi connectivity index (χ0v) is 22.8. The van der Waals surface area contributed by atoms with Crippen LogP contribution in [0.4, 0.5) is 24.8 Å². The molecule has 1 N–H and O–H groups in total. The predicted molar refractivity (Wildman–Crippen MR) is 150 cm³/mol. The first-order valence-corrected chi connectivity index (χ1v) is 13.7. The third kappa shape index (κ3) is 6.45. The summed E-state index contributed by atoms with van der Waals surface area (Å²) in [5, 5.41) is 3.04.